The van der Waals surface area contributed by atoms with Gasteiger partial charge >= 0.3 is 0 Å². The highest BCUT2D eigenvalue weighted by Crippen LogP contribution is 2.20. The van der Waals surface area contributed by atoms with Crippen LogP contribution in [0.3, 0.4) is 0 Å². The van der Waals surface area contributed by atoms with Crippen molar-refractivity contribution in [1.82, 2.24) is 15.1 Å². The van der Waals surface area contributed by atoms with E-state index in [-0.39, 0.29) is 11.9 Å². The number of piperidine rings is 1. The van der Waals surface area contributed by atoms with Crippen LogP contribution < -0.4 is 5.32 Å². The summed E-state index contributed by atoms with van der Waals surface area (Å²) in [7, 11) is 4.33. The van der Waals surface area contributed by atoms with Crippen LogP contribution >= 0.6 is 0 Å². The quantitative estimate of drug-likeness (QED) is 0.878. The molecule has 2 heterocycles. The molecule has 0 spiro atoms. The first-order chi connectivity index (χ1) is 12.1. The average molecular weight is 341 g/mol. The van der Waals surface area contributed by atoms with Gasteiger partial charge in [-0.1, -0.05) is 30.3 Å². The van der Waals surface area contributed by atoms with Gasteiger partial charge in [-0.05, 0) is 57.7 Å². The van der Waals surface area contributed by atoms with Crippen molar-refractivity contribution in [2.45, 2.75) is 24.9 Å². The Kier molecular flexibility index (Phi) is 5.89. The van der Waals surface area contributed by atoms with E-state index in [1.807, 2.05) is 18.2 Å². The Hall–Kier alpha value is -2.11. The Labute approximate surface area is 149 Å². The van der Waals surface area contributed by atoms with Crippen molar-refractivity contribution in [1.29, 1.82) is 0 Å². The van der Waals surface area contributed by atoms with E-state index in [1.165, 1.54) is 19.1 Å². The smallest absolute Gasteiger partial charge is 0.287 e. The minimum absolute atomic E-state index is 0.0662. The number of carbonyl (C=O) groups excluding carboxylic acids is 1. The Morgan fingerprint density at radius 2 is 1.96 bits per heavy atom. The summed E-state index contributed by atoms with van der Waals surface area (Å²) >= 11 is 0. The third-order valence-electron chi connectivity index (χ3n) is 5.03. The molecule has 2 aromatic rings. The van der Waals surface area contributed by atoms with Crippen molar-refractivity contribution >= 4 is 5.91 Å². The van der Waals surface area contributed by atoms with Crippen molar-refractivity contribution in [3.8, 4) is 0 Å². The van der Waals surface area contributed by atoms with E-state index in [1.54, 1.807) is 12.1 Å². The zero-order valence-electron chi connectivity index (χ0n) is 15.0. The van der Waals surface area contributed by atoms with E-state index in [0.29, 0.717) is 11.8 Å². The molecule has 1 aliphatic rings. The molecule has 134 valence electrons. The van der Waals surface area contributed by atoms with Crippen LogP contribution in [0.15, 0.2) is 53.1 Å². The summed E-state index contributed by atoms with van der Waals surface area (Å²) in [6.07, 6.45) is 3.86. The normalized spacial score (nSPS) is 17.6. The predicted molar refractivity (Wildman–Crippen MR) is 98.5 cm³/mol. The predicted octanol–water partition coefficient (Wildman–Crippen LogP) is 2.78. The lowest BCUT2D eigenvalue weighted by Gasteiger charge is -2.37. The van der Waals surface area contributed by atoms with Crippen LogP contribution in [-0.4, -0.2) is 55.5 Å². The van der Waals surface area contributed by atoms with Gasteiger partial charge in [-0.15, -0.1) is 0 Å². The van der Waals surface area contributed by atoms with Gasteiger partial charge in [-0.3, -0.25) is 4.79 Å². The summed E-state index contributed by atoms with van der Waals surface area (Å²) < 4.78 is 5.23. The third kappa shape index (κ3) is 4.71. The van der Waals surface area contributed by atoms with Crippen molar-refractivity contribution < 1.29 is 9.21 Å². The van der Waals surface area contributed by atoms with Gasteiger partial charge in [0.1, 0.15) is 0 Å². The minimum atomic E-state index is -0.171. The van der Waals surface area contributed by atoms with Gasteiger partial charge in [0.25, 0.3) is 5.91 Å². The first-order valence-electron chi connectivity index (χ1n) is 8.91. The van der Waals surface area contributed by atoms with Gasteiger partial charge in [0.2, 0.25) is 0 Å². The number of hydrogen-bond acceptors (Lipinski definition) is 4. The summed E-state index contributed by atoms with van der Waals surface area (Å²) in [5.41, 5.74) is 1.11. The van der Waals surface area contributed by atoms with Crippen LogP contribution in [0, 0.1) is 0 Å². The Bertz CT molecular complexity index is 649. The number of nitrogens with zero attached hydrogens (tertiary/aromatic N) is 2. The molecule has 1 unspecified atom stereocenters. The Morgan fingerprint density at radius 3 is 2.60 bits per heavy atom. The fraction of sp³-hybridized carbons (Fsp3) is 0.450. The average Bonchev–Trinajstić information content (AvgIpc) is 3.17. The lowest BCUT2D eigenvalue weighted by Crippen LogP contribution is -2.45. The van der Waals surface area contributed by atoms with E-state index < -0.39 is 0 Å². The van der Waals surface area contributed by atoms with Gasteiger partial charge in [0.15, 0.2) is 5.76 Å². The van der Waals surface area contributed by atoms with Crippen LogP contribution in [0.4, 0.5) is 0 Å². The molecule has 1 saturated heterocycles. The van der Waals surface area contributed by atoms with Crippen molar-refractivity contribution in [3.05, 3.63) is 60.1 Å². The monoisotopic (exact) mass is 341 g/mol. The lowest BCUT2D eigenvalue weighted by molar-refractivity contribution is 0.0878. The second-order valence-electron chi connectivity index (χ2n) is 6.89. The number of likely N-dealkylation sites (N-methyl/N-ethyl adjacent to an activating group) is 1. The van der Waals surface area contributed by atoms with Crippen LogP contribution in [0.5, 0.6) is 0 Å². The molecule has 1 aromatic heterocycles. The molecule has 0 saturated carbocycles. The van der Waals surface area contributed by atoms with Gasteiger partial charge in [-0.2, -0.15) is 0 Å². The Morgan fingerprint density at radius 1 is 1.24 bits per heavy atom. The second-order valence-corrected chi connectivity index (χ2v) is 6.89. The molecule has 0 aliphatic carbocycles. The van der Waals surface area contributed by atoms with Crippen molar-refractivity contribution in [2.75, 3.05) is 33.7 Å². The highest BCUT2D eigenvalue weighted by atomic mass is 16.3. The Balaban J connectivity index is 1.69. The lowest BCUT2D eigenvalue weighted by atomic mass is 10.0. The number of furan rings is 1. The topological polar surface area (TPSA) is 48.7 Å². The SMILES string of the molecule is CN1CCC(N(C)CC(NC(=O)c2ccco2)c2ccccc2)CC1. The van der Waals surface area contributed by atoms with Crippen LogP contribution in [0.25, 0.3) is 0 Å². The van der Waals surface area contributed by atoms with Gasteiger partial charge in [0, 0.05) is 12.6 Å². The zero-order valence-corrected chi connectivity index (χ0v) is 15.0. The number of benzene rings is 1. The standard InChI is InChI=1S/C20H27N3O2/c1-22-12-10-17(11-13-22)23(2)15-18(16-7-4-3-5-8-16)21-20(24)19-9-6-14-25-19/h3-9,14,17-18H,10-13,15H2,1-2H3,(H,21,24). The zero-order chi connectivity index (χ0) is 17.6. The molecule has 0 bridgehead atoms. The second kappa shape index (κ2) is 8.32. The van der Waals surface area contributed by atoms with E-state index in [4.69, 9.17) is 4.42 Å². The van der Waals surface area contributed by atoms with Gasteiger partial charge < -0.3 is 19.5 Å². The van der Waals surface area contributed by atoms with Gasteiger partial charge in [0.05, 0.1) is 12.3 Å². The number of amides is 1. The number of nitrogens with one attached hydrogen (secondary N) is 1. The van der Waals surface area contributed by atoms with Crippen molar-refractivity contribution in [2.24, 2.45) is 0 Å². The summed E-state index contributed by atoms with van der Waals surface area (Å²) in [5, 5.41) is 3.13. The fourth-order valence-electron chi connectivity index (χ4n) is 3.43. The highest BCUT2D eigenvalue weighted by Gasteiger charge is 2.25. The van der Waals surface area contributed by atoms with Gasteiger partial charge in [-0.25, -0.2) is 0 Å². The fourth-order valence-corrected chi connectivity index (χ4v) is 3.43. The molecule has 25 heavy (non-hydrogen) atoms. The molecule has 1 aromatic carbocycles. The first-order valence-corrected chi connectivity index (χ1v) is 8.91. The minimum Gasteiger partial charge on any atom is -0.459 e. The van der Waals surface area contributed by atoms with E-state index in [0.717, 1.165) is 25.2 Å². The number of hydrogen-bond donors (Lipinski definition) is 1. The summed E-state index contributed by atoms with van der Waals surface area (Å²) in [5.74, 6) is 0.179. The molecule has 1 fully saturated rings. The maximum Gasteiger partial charge on any atom is 0.287 e. The molecule has 5 heteroatoms. The maximum atomic E-state index is 12.5. The van der Waals surface area contributed by atoms with Crippen LogP contribution in [0.1, 0.15) is 35.0 Å². The number of rotatable bonds is 6. The largest absolute Gasteiger partial charge is 0.459 e. The first kappa shape index (κ1) is 17.7. The molecule has 0 radical (unpaired) electrons. The molecule has 3 rings (SSSR count). The van der Waals surface area contributed by atoms with E-state index in [2.05, 4.69) is 41.3 Å². The number of likely N-dealkylation sites (tertiary alicyclic amines) is 1. The molecule has 1 N–H and O–H groups in total. The maximum absolute atomic E-state index is 12.5. The molecule has 5 nitrogen and oxygen atoms in total. The van der Waals surface area contributed by atoms with Crippen molar-refractivity contribution in [3.63, 3.8) is 0 Å². The van der Waals surface area contributed by atoms with E-state index >= 15 is 0 Å². The number of carbonyl (C=O) groups is 1. The summed E-state index contributed by atoms with van der Waals surface area (Å²) in [6, 6.07) is 14.1. The molecular weight excluding hydrogens is 314 g/mol. The van der Waals surface area contributed by atoms with E-state index in [9.17, 15) is 4.79 Å². The molecule has 1 atom stereocenters. The molecule has 1 amide bonds. The van der Waals surface area contributed by atoms with Crippen LogP contribution in [0.2, 0.25) is 0 Å². The van der Waals surface area contributed by atoms with Crippen LogP contribution in [-0.2, 0) is 0 Å². The molecule has 1 aliphatic heterocycles. The summed E-state index contributed by atoms with van der Waals surface area (Å²) in [4.78, 5) is 17.2. The highest BCUT2D eigenvalue weighted by molar-refractivity contribution is 5.91. The summed E-state index contributed by atoms with van der Waals surface area (Å²) in [6.45, 7) is 3.04. The molecular formula is C20H27N3O2. The third-order valence-corrected chi connectivity index (χ3v) is 5.03.